The summed E-state index contributed by atoms with van der Waals surface area (Å²) in [6.07, 6.45) is 2.70. The Morgan fingerprint density at radius 1 is 1.00 bits per heavy atom. The third-order valence-electron chi connectivity index (χ3n) is 3.07. The number of hydrogen-bond acceptors (Lipinski definition) is 4. The van der Waals surface area contributed by atoms with Crippen LogP contribution < -0.4 is 14.2 Å². The molecular weight excluding hydrogens is 254 g/mol. The predicted octanol–water partition coefficient (Wildman–Crippen LogP) is 3.24. The fraction of sp³-hybridized carbons (Fsp3) is 0.312. The highest BCUT2D eigenvalue weighted by Crippen LogP contribution is 2.29. The van der Waals surface area contributed by atoms with Gasteiger partial charge in [0, 0.05) is 12.3 Å². The molecule has 1 aromatic heterocycles. The summed E-state index contributed by atoms with van der Waals surface area (Å²) in [5.41, 5.74) is 2.00. The maximum absolute atomic E-state index is 5.74. The molecule has 0 aliphatic heterocycles. The SMILES string of the molecule is CCc1ccc(OCc2nccc(OC)c2OC)cc1. The molecule has 1 aromatic carbocycles. The summed E-state index contributed by atoms with van der Waals surface area (Å²) in [6.45, 7) is 2.47. The Morgan fingerprint density at radius 2 is 1.75 bits per heavy atom. The molecular formula is C16H19NO3. The molecule has 0 amide bonds. The molecule has 4 nitrogen and oxygen atoms in total. The number of pyridine rings is 1. The lowest BCUT2D eigenvalue weighted by Crippen LogP contribution is -2.03. The number of rotatable bonds is 6. The van der Waals surface area contributed by atoms with Gasteiger partial charge < -0.3 is 14.2 Å². The molecule has 0 aliphatic carbocycles. The van der Waals surface area contributed by atoms with E-state index in [1.165, 1.54) is 5.56 Å². The summed E-state index contributed by atoms with van der Waals surface area (Å²) < 4.78 is 16.3. The molecule has 4 heteroatoms. The summed E-state index contributed by atoms with van der Waals surface area (Å²) in [5.74, 6) is 2.08. The van der Waals surface area contributed by atoms with Gasteiger partial charge in [0.2, 0.25) is 0 Å². The molecule has 0 saturated carbocycles. The summed E-state index contributed by atoms with van der Waals surface area (Å²) in [5, 5.41) is 0. The molecule has 0 saturated heterocycles. The third-order valence-corrected chi connectivity index (χ3v) is 3.07. The number of methoxy groups -OCH3 is 2. The van der Waals surface area contributed by atoms with Crippen LogP contribution >= 0.6 is 0 Å². The average molecular weight is 273 g/mol. The number of hydrogen-bond donors (Lipinski definition) is 0. The lowest BCUT2D eigenvalue weighted by molar-refractivity contribution is 0.284. The van der Waals surface area contributed by atoms with Gasteiger partial charge in [0.25, 0.3) is 0 Å². The van der Waals surface area contributed by atoms with Crippen molar-refractivity contribution in [1.29, 1.82) is 0 Å². The van der Waals surface area contributed by atoms with Crippen LogP contribution in [0.2, 0.25) is 0 Å². The average Bonchev–Trinajstić information content (AvgIpc) is 2.52. The number of aryl methyl sites for hydroxylation is 1. The van der Waals surface area contributed by atoms with Gasteiger partial charge >= 0.3 is 0 Å². The van der Waals surface area contributed by atoms with Crippen LogP contribution in [-0.2, 0) is 13.0 Å². The fourth-order valence-electron chi connectivity index (χ4n) is 1.93. The van der Waals surface area contributed by atoms with Crippen LogP contribution in [0.25, 0.3) is 0 Å². The first kappa shape index (κ1) is 14.2. The van der Waals surface area contributed by atoms with Gasteiger partial charge in [-0.05, 0) is 24.1 Å². The van der Waals surface area contributed by atoms with E-state index in [1.807, 2.05) is 12.1 Å². The van der Waals surface area contributed by atoms with E-state index < -0.39 is 0 Å². The van der Waals surface area contributed by atoms with Crippen LogP contribution in [0, 0.1) is 0 Å². The van der Waals surface area contributed by atoms with E-state index >= 15 is 0 Å². The van der Waals surface area contributed by atoms with Crippen molar-refractivity contribution in [3.8, 4) is 17.2 Å². The largest absolute Gasteiger partial charge is 0.493 e. The number of ether oxygens (including phenoxy) is 3. The molecule has 0 atom stereocenters. The van der Waals surface area contributed by atoms with E-state index in [1.54, 1.807) is 26.5 Å². The second-order valence-electron chi connectivity index (χ2n) is 4.28. The lowest BCUT2D eigenvalue weighted by Gasteiger charge is -2.12. The molecule has 0 fully saturated rings. The van der Waals surface area contributed by atoms with E-state index in [0.29, 0.717) is 23.8 Å². The van der Waals surface area contributed by atoms with Gasteiger partial charge in [-0.3, -0.25) is 4.98 Å². The van der Waals surface area contributed by atoms with Crippen LogP contribution in [0.1, 0.15) is 18.2 Å². The van der Waals surface area contributed by atoms with Crippen LogP contribution in [0.15, 0.2) is 36.5 Å². The molecule has 2 aromatic rings. The van der Waals surface area contributed by atoms with Gasteiger partial charge in [-0.2, -0.15) is 0 Å². The van der Waals surface area contributed by atoms with Crippen molar-refractivity contribution in [2.75, 3.05) is 14.2 Å². The molecule has 0 spiro atoms. The van der Waals surface area contributed by atoms with Gasteiger partial charge in [0.15, 0.2) is 11.5 Å². The summed E-state index contributed by atoms with van der Waals surface area (Å²) in [7, 11) is 3.20. The van der Waals surface area contributed by atoms with Crippen molar-refractivity contribution < 1.29 is 14.2 Å². The maximum Gasteiger partial charge on any atom is 0.185 e. The zero-order chi connectivity index (χ0) is 14.4. The van der Waals surface area contributed by atoms with Gasteiger partial charge in [0.05, 0.1) is 14.2 Å². The molecule has 106 valence electrons. The van der Waals surface area contributed by atoms with Gasteiger partial charge in [-0.25, -0.2) is 0 Å². The summed E-state index contributed by atoms with van der Waals surface area (Å²) >= 11 is 0. The van der Waals surface area contributed by atoms with E-state index in [0.717, 1.165) is 12.2 Å². The van der Waals surface area contributed by atoms with Crippen molar-refractivity contribution in [1.82, 2.24) is 4.98 Å². The summed E-state index contributed by atoms with van der Waals surface area (Å²) in [6, 6.07) is 9.81. The lowest BCUT2D eigenvalue weighted by atomic mass is 10.2. The van der Waals surface area contributed by atoms with Crippen molar-refractivity contribution in [3.63, 3.8) is 0 Å². The van der Waals surface area contributed by atoms with Crippen molar-refractivity contribution in [2.45, 2.75) is 20.0 Å². The van der Waals surface area contributed by atoms with E-state index in [4.69, 9.17) is 14.2 Å². The number of aromatic nitrogens is 1. The third kappa shape index (κ3) is 3.20. The standard InChI is InChI=1S/C16H19NO3/c1-4-12-5-7-13(8-6-12)20-11-14-16(19-3)15(18-2)9-10-17-14/h5-10H,4,11H2,1-3H3. The zero-order valence-corrected chi connectivity index (χ0v) is 12.1. The Labute approximate surface area is 119 Å². The zero-order valence-electron chi connectivity index (χ0n) is 12.1. The first-order valence-electron chi connectivity index (χ1n) is 6.56. The second-order valence-corrected chi connectivity index (χ2v) is 4.28. The molecule has 1 heterocycles. The first-order valence-corrected chi connectivity index (χ1v) is 6.56. The quantitative estimate of drug-likeness (QED) is 0.810. The minimum absolute atomic E-state index is 0.339. The molecule has 0 radical (unpaired) electrons. The molecule has 0 N–H and O–H groups in total. The highest BCUT2D eigenvalue weighted by atomic mass is 16.5. The van der Waals surface area contributed by atoms with Crippen LogP contribution in [0.5, 0.6) is 17.2 Å². The molecule has 0 aliphatic rings. The highest BCUT2D eigenvalue weighted by molar-refractivity contribution is 5.42. The van der Waals surface area contributed by atoms with Gasteiger partial charge in [0.1, 0.15) is 18.1 Å². The number of benzene rings is 1. The normalized spacial score (nSPS) is 10.2. The van der Waals surface area contributed by atoms with Crippen LogP contribution in [-0.4, -0.2) is 19.2 Å². The number of nitrogens with zero attached hydrogens (tertiary/aromatic N) is 1. The molecule has 0 bridgehead atoms. The fourth-order valence-corrected chi connectivity index (χ4v) is 1.93. The van der Waals surface area contributed by atoms with E-state index in [9.17, 15) is 0 Å². The molecule has 0 unspecified atom stereocenters. The Balaban J connectivity index is 2.10. The predicted molar refractivity (Wildman–Crippen MR) is 77.5 cm³/mol. The van der Waals surface area contributed by atoms with Crippen LogP contribution in [0.3, 0.4) is 0 Å². The van der Waals surface area contributed by atoms with Gasteiger partial charge in [-0.1, -0.05) is 19.1 Å². The Kier molecular flexibility index (Phi) is 4.82. The van der Waals surface area contributed by atoms with Gasteiger partial charge in [-0.15, -0.1) is 0 Å². The summed E-state index contributed by atoms with van der Waals surface area (Å²) in [4.78, 5) is 4.28. The van der Waals surface area contributed by atoms with Crippen LogP contribution in [0.4, 0.5) is 0 Å². The second kappa shape index (κ2) is 6.80. The monoisotopic (exact) mass is 273 g/mol. The van der Waals surface area contributed by atoms with Crippen molar-refractivity contribution in [3.05, 3.63) is 47.8 Å². The van der Waals surface area contributed by atoms with Crippen molar-refractivity contribution in [2.24, 2.45) is 0 Å². The first-order chi connectivity index (χ1) is 9.78. The minimum Gasteiger partial charge on any atom is -0.493 e. The minimum atomic E-state index is 0.339. The van der Waals surface area contributed by atoms with E-state index in [2.05, 4.69) is 24.0 Å². The Morgan fingerprint density at radius 3 is 2.35 bits per heavy atom. The highest BCUT2D eigenvalue weighted by Gasteiger charge is 2.11. The van der Waals surface area contributed by atoms with E-state index in [-0.39, 0.29) is 0 Å². The van der Waals surface area contributed by atoms with Crippen molar-refractivity contribution >= 4 is 0 Å². The smallest absolute Gasteiger partial charge is 0.185 e. The Bertz CT molecular complexity index is 552. The Hall–Kier alpha value is -2.23. The molecule has 2 rings (SSSR count). The maximum atomic E-state index is 5.74. The molecule has 20 heavy (non-hydrogen) atoms. The topological polar surface area (TPSA) is 40.6 Å².